The molecule has 0 aliphatic rings. The molecule has 0 unspecified atom stereocenters. The van der Waals surface area contributed by atoms with Crippen LogP contribution < -0.4 is 5.32 Å². The molecule has 0 radical (unpaired) electrons. The number of benzene rings is 1. The van der Waals surface area contributed by atoms with Gasteiger partial charge in [-0.2, -0.15) is 0 Å². The molecule has 19 heavy (non-hydrogen) atoms. The number of nitrogens with one attached hydrogen (secondary N) is 1. The van der Waals surface area contributed by atoms with Crippen molar-refractivity contribution in [1.29, 1.82) is 0 Å². The second-order valence-electron chi connectivity index (χ2n) is 3.99. The van der Waals surface area contributed by atoms with Gasteiger partial charge < -0.3 is 10.1 Å². The molecule has 0 spiro atoms. The predicted molar refractivity (Wildman–Crippen MR) is 81.3 cm³/mol. The fraction of sp³-hybridized carbons (Fsp3) is 0.308. The summed E-state index contributed by atoms with van der Waals surface area (Å²) in [6.45, 7) is 1.53. The summed E-state index contributed by atoms with van der Waals surface area (Å²) in [5.41, 5.74) is 0.891. The second kappa shape index (κ2) is 6.93. The van der Waals surface area contributed by atoms with Gasteiger partial charge in [-0.15, -0.1) is 0 Å². The minimum Gasteiger partial charge on any atom is -0.385 e. The van der Waals surface area contributed by atoms with E-state index in [9.17, 15) is 0 Å². The first-order valence-corrected chi connectivity index (χ1v) is 7.11. The highest BCUT2D eigenvalue weighted by Crippen LogP contribution is 2.26. The second-order valence-corrected chi connectivity index (χ2v) is 5.31. The molecule has 6 heteroatoms. The maximum absolute atomic E-state index is 6.23. The van der Waals surface area contributed by atoms with Crippen molar-refractivity contribution in [3.05, 3.63) is 40.1 Å². The summed E-state index contributed by atoms with van der Waals surface area (Å²) in [5, 5.41) is 3.95. The number of hydrogen-bond acceptors (Lipinski definition) is 3. The highest BCUT2D eigenvalue weighted by molar-refractivity contribution is 9.10. The minimum absolute atomic E-state index is 0.682. The van der Waals surface area contributed by atoms with E-state index in [-0.39, 0.29) is 0 Å². The van der Waals surface area contributed by atoms with Crippen molar-refractivity contribution in [3.63, 3.8) is 0 Å². The third-order valence-electron chi connectivity index (χ3n) is 2.62. The summed E-state index contributed by atoms with van der Waals surface area (Å²) in [7, 11) is 1.70. The van der Waals surface area contributed by atoms with Gasteiger partial charge in [-0.3, -0.25) is 4.57 Å². The largest absolute Gasteiger partial charge is 0.385 e. The first-order valence-electron chi connectivity index (χ1n) is 5.94. The average molecular weight is 345 g/mol. The molecule has 0 aliphatic heterocycles. The first kappa shape index (κ1) is 14.4. The lowest BCUT2D eigenvalue weighted by atomic mass is 10.3. The molecular formula is C13H15BrClN3O. The van der Waals surface area contributed by atoms with Crippen molar-refractivity contribution < 1.29 is 4.74 Å². The van der Waals surface area contributed by atoms with Gasteiger partial charge in [-0.05, 0) is 24.6 Å². The Labute approximate surface area is 125 Å². The lowest BCUT2D eigenvalue weighted by molar-refractivity contribution is 0.197. The maximum atomic E-state index is 6.23. The van der Waals surface area contributed by atoms with Crippen LogP contribution in [0.1, 0.15) is 6.42 Å². The zero-order valence-corrected chi connectivity index (χ0v) is 12.9. The van der Waals surface area contributed by atoms with E-state index >= 15 is 0 Å². The number of methoxy groups -OCH3 is 1. The third-order valence-corrected chi connectivity index (χ3v) is 3.43. The zero-order chi connectivity index (χ0) is 13.7. The van der Waals surface area contributed by atoms with E-state index in [2.05, 4.69) is 26.2 Å². The number of imidazole rings is 1. The van der Waals surface area contributed by atoms with Crippen LogP contribution in [0.4, 0.5) is 5.95 Å². The summed E-state index contributed by atoms with van der Waals surface area (Å²) < 4.78 is 7.92. The minimum atomic E-state index is 0.682. The fourth-order valence-corrected chi connectivity index (χ4v) is 2.27. The Hall–Kier alpha value is -1.04. The Balaban J connectivity index is 2.16. The van der Waals surface area contributed by atoms with Crippen molar-refractivity contribution in [2.75, 3.05) is 25.6 Å². The van der Waals surface area contributed by atoms with Gasteiger partial charge >= 0.3 is 0 Å². The van der Waals surface area contributed by atoms with Crippen molar-refractivity contribution in [2.24, 2.45) is 0 Å². The molecule has 0 saturated heterocycles. The SMILES string of the molecule is COCCCNc1nccn1-c1cc(Br)ccc1Cl. The van der Waals surface area contributed by atoms with Crippen LogP contribution in [0.5, 0.6) is 0 Å². The molecule has 4 nitrogen and oxygen atoms in total. The van der Waals surface area contributed by atoms with Crippen molar-refractivity contribution in [2.45, 2.75) is 6.42 Å². The number of hydrogen-bond donors (Lipinski definition) is 1. The molecule has 0 amide bonds. The van der Waals surface area contributed by atoms with Crippen LogP contribution in [0.15, 0.2) is 35.1 Å². The van der Waals surface area contributed by atoms with Crippen LogP contribution >= 0.6 is 27.5 Å². The van der Waals surface area contributed by atoms with E-state index in [0.717, 1.165) is 35.7 Å². The van der Waals surface area contributed by atoms with Crippen LogP contribution in [0.25, 0.3) is 5.69 Å². The smallest absolute Gasteiger partial charge is 0.207 e. The van der Waals surface area contributed by atoms with Crippen LogP contribution in [-0.4, -0.2) is 29.8 Å². The topological polar surface area (TPSA) is 39.1 Å². The van der Waals surface area contributed by atoms with Crippen molar-refractivity contribution >= 4 is 33.5 Å². The maximum Gasteiger partial charge on any atom is 0.207 e. The standard InChI is InChI=1S/C13H15BrClN3O/c1-19-8-2-5-16-13-17-6-7-18(13)12-9-10(14)3-4-11(12)15/h3-4,6-7,9H,2,5,8H2,1H3,(H,16,17). The summed E-state index contributed by atoms with van der Waals surface area (Å²) in [5.74, 6) is 0.774. The molecule has 102 valence electrons. The van der Waals surface area contributed by atoms with Crippen molar-refractivity contribution in [1.82, 2.24) is 9.55 Å². The van der Waals surface area contributed by atoms with E-state index in [1.165, 1.54) is 0 Å². The molecule has 0 atom stereocenters. The van der Waals surface area contributed by atoms with Crippen LogP contribution in [0.3, 0.4) is 0 Å². The average Bonchev–Trinajstić information content (AvgIpc) is 2.86. The lowest BCUT2D eigenvalue weighted by Gasteiger charge is -2.11. The Morgan fingerprint density at radius 1 is 1.47 bits per heavy atom. The third kappa shape index (κ3) is 3.72. The van der Waals surface area contributed by atoms with Gasteiger partial charge in [-0.25, -0.2) is 4.98 Å². The molecule has 1 aromatic heterocycles. The number of rotatable bonds is 6. The number of halogens is 2. The van der Waals surface area contributed by atoms with Gasteiger partial charge in [-0.1, -0.05) is 27.5 Å². The van der Waals surface area contributed by atoms with Gasteiger partial charge in [0.2, 0.25) is 5.95 Å². The molecule has 1 N–H and O–H groups in total. The number of aromatic nitrogens is 2. The molecule has 2 rings (SSSR count). The van der Waals surface area contributed by atoms with Gasteiger partial charge in [0.1, 0.15) is 0 Å². The highest BCUT2D eigenvalue weighted by Gasteiger charge is 2.08. The molecule has 0 aliphatic carbocycles. The number of ether oxygens (including phenoxy) is 1. The molecule has 1 aromatic carbocycles. The Morgan fingerprint density at radius 2 is 2.32 bits per heavy atom. The summed E-state index contributed by atoms with van der Waals surface area (Å²) in [6.07, 6.45) is 4.55. The summed E-state index contributed by atoms with van der Waals surface area (Å²) >= 11 is 9.68. The number of nitrogens with zero attached hydrogens (tertiary/aromatic N) is 2. The molecular weight excluding hydrogens is 330 g/mol. The molecule has 2 aromatic rings. The van der Waals surface area contributed by atoms with E-state index in [4.69, 9.17) is 16.3 Å². The zero-order valence-electron chi connectivity index (χ0n) is 10.6. The lowest BCUT2D eigenvalue weighted by Crippen LogP contribution is -2.09. The van der Waals surface area contributed by atoms with E-state index in [1.807, 2.05) is 29.0 Å². The van der Waals surface area contributed by atoms with Crippen LogP contribution in [0, 0.1) is 0 Å². The quantitative estimate of drug-likeness (QED) is 0.812. The molecule has 0 saturated carbocycles. The van der Waals surface area contributed by atoms with Gasteiger partial charge in [0.05, 0.1) is 10.7 Å². The van der Waals surface area contributed by atoms with Crippen LogP contribution in [0.2, 0.25) is 5.02 Å². The Morgan fingerprint density at radius 3 is 3.11 bits per heavy atom. The fourth-order valence-electron chi connectivity index (χ4n) is 1.72. The predicted octanol–water partition coefficient (Wildman–Crippen LogP) is 3.74. The molecule has 0 bridgehead atoms. The van der Waals surface area contributed by atoms with E-state index in [0.29, 0.717) is 5.02 Å². The Kier molecular flexibility index (Phi) is 5.24. The van der Waals surface area contributed by atoms with Crippen LogP contribution in [-0.2, 0) is 4.74 Å². The number of anilines is 1. The van der Waals surface area contributed by atoms with Gasteiger partial charge in [0.25, 0.3) is 0 Å². The molecule has 1 heterocycles. The summed E-state index contributed by atoms with van der Waals surface area (Å²) in [4.78, 5) is 4.30. The van der Waals surface area contributed by atoms with E-state index in [1.54, 1.807) is 13.3 Å². The first-order chi connectivity index (χ1) is 9.22. The molecule has 0 fully saturated rings. The monoisotopic (exact) mass is 343 g/mol. The normalized spacial score (nSPS) is 10.7. The van der Waals surface area contributed by atoms with E-state index < -0.39 is 0 Å². The van der Waals surface area contributed by atoms with Gasteiger partial charge in [0, 0.05) is 37.1 Å². The van der Waals surface area contributed by atoms with Crippen molar-refractivity contribution in [3.8, 4) is 5.69 Å². The Bertz CT molecular complexity index is 544. The highest BCUT2D eigenvalue weighted by atomic mass is 79.9. The summed E-state index contributed by atoms with van der Waals surface area (Å²) in [6, 6.07) is 5.73. The van der Waals surface area contributed by atoms with Gasteiger partial charge in [0.15, 0.2) is 0 Å².